The number of methoxy groups -OCH3 is 1. The molecule has 4 N–H and O–H groups in total. The molecule has 120 valence electrons. The molecule has 0 aliphatic carbocycles. The molecule has 3 unspecified atom stereocenters. The Morgan fingerprint density at radius 1 is 1.41 bits per heavy atom. The lowest BCUT2D eigenvalue weighted by molar-refractivity contribution is -0.129. The van der Waals surface area contributed by atoms with E-state index in [9.17, 15) is 4.79 Å². The number of nitrogens with one attached hydrogen (secondary N) is 4. The molecule has 0 saturated carbocycles. The van der Waals surface area contributed by atoms with Crippen LogP contribution in [0.1, 0.15) is 13.8 Å². The number of rotatable bonds is 4. The molecule has 1 amide bonds. The van der Waals surface area contributed by atoms with Crippen molar-refractivity contribution in [2.45, 2.75) is 32.3 Å². The lowest BCUT2D eigenvalue weighted by Crippen LogP contribution is -2.67. The minimum atomic E-state index is -0.318. The molecule has 7 nitrogen and oxygen atoms in total. The van der Waals surface area contributed by atoms with E-state index in [-0.39, 0.29) is 24.3 Å². The molecule has 22 heavy (non-hydrogen) atoms. The number of carbonyl (C=O) groups is 1. The first-order valence-corrected chi connectivity index (χ1v) is 7.57. The molecule has 3 rings (SSSR count). The summed E-state index contributed by atoms with van der Waals surface area (Å²) in [7, 11) is 1.63. The van der Waals surface area contributed by atoms with Gasteiger partial charge >= 0.3 is 0 Å². The van der Waals surface area contributed by atoms with Gasteiger partial charge in [0.05, 0.1) is 19.2 Å². The van der Waals surface area contributed by atoms with Crippen LogP contribution in [0.4, 0.5) is 5.69 Å². The van der Waals surface area contributed by atoms with Crippen molar-refractivity contribution >= 4 is 11.6 Å². The van der Waals surface area contributed by atoms with Gasteiger partial charge in [0.25, 0.3) is 0 Å². The summed E-state index contributed by atoms with van der Waals surface area (Å²) in [6.45, 7) is 4.87. The van der Waals surface area contributed by atoms with Crippen molar-refractivity contribution in [2.24, 2.45) is 5.92 Å². The molecule has 3 atom stereocenters. The predicted molar refractivity (Wildman–Crippen MR) is 83.9 cm³/mol. The Bertz CT molecular complexity index is 550. The minimum Gasteiger partial charge on any atom is -0.497 e. The first kappa shape index (κ1) is 15.1. The Morgan fingerprint density at radius 2 is 2.23 bits per heavy atom. The highest BCUT2D eigenvalue weighted by Crippen LogP contribution is 2.22. The molecule has 2 aliphatic heterocycles. The van der Waals surface area contributed by atoms with Crippen LogP contribution in [-0.2, 0) is 4.79 Å². The fraction of sp³-hybridized carbons (Fsp3) is 0.533. The highest BCUT2D eigenvalue weighted by molar-refractivity contribution is 5.81. The van der Waals surface area contributed by atoms with Crippen LogP contribution in [-0.4, -0.2) is 43.1 Å². The average molecular weight is 305 g/mol. The molecule has 0 bridgehead atoms. The normalized spacial score (nSPS) is 28.4. The third-order valence-electron chi connectivity index (χ3n) is 4.07. The lowest BCUT2D eigenvalue weighted by Gasteiger charge is -2.38. The van der Waals surface area contributed by atoms with Crippen molar-refractivity contribution in [1.82, 2.24) is 21.1 Å². The Morgan fingerprint density at radius 3 is 2.95 bits per heavy atom. The molecule has 1 aromatic rings. The summed E-state index contributed by atoms with van der Waals surface area (Å²) in [6, 6.07) is 7.94. The van der Waals surface area contributed by atoms with E-state index in [0.29, 0.717) is 12.6 Å². The summed E-state index contributed by atoms with van der Waals surface area (Å²) in [4.78, 5) is 12.3. The lowest BCUT2D eigenvalue weighted by atomic mass is 10.0. The fourth-order valence-corrected chi connectivity index (χ4v) is 2.96. The van der Waals surface area contributed by atoms with Crippen LogP contribution >= 0.6 is 0 Å². The van der Waals surface area contributed by atoms with Crippen LogP contribution in [0.5, 0.6) is 5.75 Å². The number of hydrazine groups is 1. The number of hydrogen-bond donors (Lipinski definition) is 4. The number of benzene rings is 1. The Balaban J connectivity index is 1.71. The van der Waals surface area contributed by atoms with E-state index in [1.54, 1.807) is 7.11 Å². The highest BCUT2D eigenvalue weighted by atomic mass is 16.5. The highest BCUT2D eigenvalue weighted by Gasteiger charge is 2.44. The summed E-state index contributed by atoms with van der Waals surface area (Å²) in [5.74, 6) is 0.752. The van der Waals surface area contributed by atoms with E-state index >= 15 is 0 Å². The largest absolute Gasteiger partial charge is 0.497 e. The van der Waals surface area contributed by atoms with Crippen LogP contribution in [0.3, 0.4) is 0 Å². The van der Waals surface area contributed by atoms with Crippen molar-refractivity contribution in [2.75, 3.05) is 19.0 Å². The Labute approximate surface area is 130 Å². The number of carbonyl (C=O) groups excluding carboxylic acids is 1. The second-order valence-electron chi connectivity index (χ2n) is 5.90. The third-order valence-corrected chi connectivity index (χ3v) is 4.07. The summed E-state index contributed by atoms with van der Waals surface area (Å²) >= 11 is 0. The van der Waals surface area contributed by atoms with Crippen LogP contribution < -0.4 is 26.1 Å². The van der Waals surface area contributed by atoms with Gasteiger partial charge in [-0.05, 0) is 26.0 Å². The standard InChI is InChI=1S/C15H23N5O2/c1-9(2)20-13-12(8-16-20)14(21)19-15(18-13)17-10-5-4-6-11(7-10)22-3/h4-7,9,12-13,15-18H,8H2,1-3H3,(H,19,21). The SMILES string of the molecule is COc1cccc(NC2NC(=O)C3CNN(C(C)C)C3N2)c1. The van der Waals surface area contributed by atoms with Gasteiger partial charge in [0.15, 0.2) is 6.29 Å². The second kappa shape index (κ2) is 6.12. The van der Waals surface area contributed by atoms with Gasteiger partial charge in [-0.3, -0.25) is 15.5 Å². The number of hydrogen-bond acceptors (Lipinski definition) is 6. The zero-order valence-corrected chi connectivity index (χ0v) is 13.1. The van der Waals surface area contributed by atoms with Crippen LogP contribution in [0.2, 0.25) is 0 Å². The van der Waals surface area contributed by atoms with E-state index in [2.05, 4.69) is 40.2 Å². The molecule has 2 saturated heterocycles. The van der Waals surface area contributed by atoms with Gasteiger partial charge in [-0.15, -0.1) is 0 Å². The molecule has 1 aromatic carbocycles. The van der Waals surface area contributed by atoms with Crippen molar-refractivity contribution in [3.05, 3.63) is 24.3 Å². The molecule has 2 fully saturated rings. The van der Waals surface area contributed by atoms with Crippen molar-refractivity contribution in [3.63, 3.8) is 0 Å². The summed E-state index contributed by atoms with van der Waals surface area (Å²) < 4.78 is 5.22. The van der Waals surface area contributed by atoms with Crippen LogP contribution in [0.15, 0.2) is 24.3 Å². The summed E-state index contributed by atoms with van der Waals surface area (Å²) in [6.07, 6.45) is -0.334. The molecule has 2 aliphatic rings. The summed E-state index contributed by atoms with van der Waals surface area (Å²) in [5.41, 5.74) is 4.18. The first-order chi connectivity index (χ1) is 10.6. The molecule has 0 aromatic heterocycles. The number of anilines is 1. The predicted octanol–water partition coefficient (Wildman–Crippen LogP) is 0.281. The van der Waals surface area contributed by atoms with Gasteiger partial charge in [-0.1, -0.05) is 6.07 Å². The van der Waals surface area contributed by atoms with Gasteiger partial charge < -0.3 is 15.4 Å². The smallest absolute Gasteiger partial charge is 0.230 e. The Hall–Kier alpha value is -1.83. The molecule has 0 radical (unpaired) electrons. The van der Waals surface area contributed by atoms with Gasteiger partial charge in [0, 0.05) is 24.3 Å². The summed E-state index contributed by atoms with van der Waals surface area (Å²) in [5, 5.41) is 11.8. The third kappa shape index (κ3) is 2.87. The van der Waals surface area contributed by atoms with Crippen LogP contribution in [0.25, 0.3) is 0 Å². The van der Waals surface area contributed by atoms with Crippen molar-refractivity contribution < 1.29 is 9.53 Å². The maximum Gasteiger partial charge on any atom is 0.230 e. The quantitative estimate of drug-likeness (QED) is 0.640. The Kier molecular flexibility index (Phi) is 4.19. The molecular weight excluding hydrogens is 282 g/mol. The van der Waals surface area contributed by atoms with Gasteiger partial charge in [-0.25, -0.2) is 5.01 Å². The number of nitrogens with zero attached hydrogens (tertiary/aromatic N) is 1. The van der Waals surface area contributed by atoms with Crippen molar-refractivity contribution in [3.8, 4) is 5.75 Å². The topological polar surface area (TPSA) is 77.7 Å². The number of amides is 1. The maximum absolute atomic E-state index is 12.3. The van der Waals surface area contributed by atoms with Crippen LogP contribution in [0, 0.1) is 5.92 Å². The van der Waals surface area contributed by atoms with Crippen molar-refractivity contribution in [1.29, 1.82) is 0 Å². The first-order valence-electron chi connectivity index (χ1n) is 7.57. The average Bonchev–Trinajstić information content (AvgIpc) is 2.92. The van der Waals surface area contributed by atoms with E-state index < -0.39 is 0 Å². The van der Waals surface area contributed by atoms with E-state index in [4.69, 9.17) is 4.74 Å². The molecule has 7 heteroatoms. The zero-order valence-electron chi connectivity index (χ0n) is 13.1. The minimum absolute atomic E-state index is 0.0168. The molecule has 0 spiro atoms. The van der Waals surface area contributed by atoms with E-state index in [1.807, 2.05) is 24.3 Å². The van der Waals surface area contributed by atoms with E-state index in [1.165, 1.54) is 0 Å². The molecular formula is C15H23N5O2. The number of ether oxygens (including phenoxy) is 1. The monoisotopic (exact) mass is 305 g/mol. The van der Waals surface area contributed by atoms with E-state index in [0.717, 1.165) is 11.4 Å². The van der Waals surface area contributed by atoms with Gasteiger partial charge in [0.2, 0.25) is 5.91 Å². The maximum atomic E-state index is 12.3. The zero-order chi connectivity index (χ0) is 15.7. The molecule has 2 heterocycles. The fourth-order valence-electron chi connectivity index (χ4n) is 2.96. The van der Waals surface area contributed by atoms with Gasteiger partial charge in [-0.2, -0.15) is 0 Å². The van der Waals surface area contributed by atoms with Gasteiger partial charge in [0.1, 0.15) is 5.75 Å². The number of fused-ring (bicyclic) bond motifs is 1. The second-order valence-corrected chi connectivity index (χ2v) is 5.90.